The second-order valence-corrected chi connectivity index (χ2v) is 7.16. The van der Waals surface area contributed by atoms with E-state index < -0.39 is 0 Å². The van der Waals surface area contributed by atoms with Crippen LogP contribution in [0.15, 0.2) is 17.6 Å². The van der Waals surface area contributed by atoms with Gasteiger partial charge in [0.15, 0.2) is 5.16 Å². The molecule has 4 nitrogen and oxygen atoms in total. The van der Waals surface area contributed by atoms with Crippen molar-refractivity contribution in [3.63, 3.8) is 0 Å². The Morgan fingerprint density at radius 1 is 1.63 bits per heavy atom. The summed E-state index contributed by atoms with van der Waals surface area (Å²) in [5.41, 5.74) is -0.102. The van der Waals surface area contributed by atoms with Gasteiger partial charge < -0.3 is 15.0 Å². The number of nitrogens with one attached hydrogen (secondary N) is 1. The summed E-state index contributed by atoms with van der Waals surface area (Å²) >= 11 is 1.84. The summed E-state index contributed by atoms with van der Waals surface area (Å²) in [4.78, 5) is 4.39. The van der Waals surface area contributed by atoms with E-state index in [0.717, 1.165) is 18.0 Å². The van der Waals surface area contributed by atoms with Crippen molar-refractivity contribution in [2.24, 2.45) is 7.05 Å². The monoisotopic (exact) mass is 283 g/mol. The topological polar surface area (TPSA) is 50.1 Å². The van der Waals surface area contributed by atoms with Crippen molar-refractivity contribution in [3.05, 3.63) is 12.4 Å². The lowest BCUT2D eigenvalue weighted by Gasteiger charge is -2.41. The summed E-state index contributed by atoms with van der Waals surface area (Å²) in [5.74, 6) is 0. The molecule has 2 rings (SSSR count). The molecular formula is C14H25N3OS. The van der Waals surface area contributed by atoms with Crippen LogP contribution in [0, 0.1) is 0 Å². The molecule has 0 aliphatic heterocycles. The van der Waals surface area contributed by atoms with Crippen LogP contribution in [-0.4, -0.2) is 38.1 Å². The van der Waals surface area contributed by atoms with Crippen molar-refractivity contribution >= 4 is 11.8 Å². The molecule has 19 heavy (non-hydrogen) atoms. The van der Waals surface area contributed by atoms with Gasteiger partial charge in [-0.25, -0.2) is 4.98 Å². The molecule has 0 aromatic carbocycles. The number of rotatable bonds is 5. The van der Waals surface area contributed by atoms with Crippen molar-refractivity contribution in [2.45, 2.75) is 61.5 Å². The van der Waals surface area contributed by atoms with Gasteiger partial charge >= 0.3 is 0 Å². The zero-order valence-electron chi connectivity index (χ0n) is 12.1. The van der Waals surface area contributed by atoms with Crippen LogP contribution in [0.2, 0.25) is 0 Å². The number of aliphatic hydroxyl groups is 1. The molecule has 0 spiro atoms. The third kappa shape index (κ3) is 3.74. The molecular weight excluding hydrogens is 258 g/mol. The Morgan fingerprint density at radius 3 is 3.00 bits per heavy atom. The first kappa shape index (κ1) is 14.9. The minimum absolute atomic E-state index is 0.102. The second kappa shape index (κ2) is 6.29. The van der Waals surface area contributed by atoms with E-state index in [1.807, 2.05) is 31.2 Å². The van der Waals surface area contributed by atoms with Crippen LogP contribution in [0.4, 0.5) is 0 Å². The van der Waals surface area contributed by atoms with Crippen LogP contribution in [0.1, 0.15) is 39.5 Å². The number of nitrogens with zero attached hydrogens (tertiary/aromatic N) is 2. The molecule has 0 radical (unpaired) electrons. The maximum atomic E-state index is 9.80. The first-order chi connectivity index (χ1) is 9.04. The van der Waals surface area contributed by atoms with Crippen LogP contribution in [-0.2, 0) is 7.05 Å². The molecule has 108 valence electrons. The minimum Gasteiger partial charge on any atom is -0.394 e. The van der Waals surface area contributed by atoms with E-state index in [1.54, 1.807) is 0 Å². The zero-order valence-corrected chi connectivity index (χ0v) is 12.9. The lowest BCUT2D eigenvalue weighted by atomic mass is 9.81. The third-order valence-electron chi connectivity index (χ3n) is 3.75. The molecule has 0 bridgehead atoms. The minimum atomic E-state index is -0.102. The van der Waals surface area contributed by atoms with Gasteiger partial charge in [-0.2, -0.15) is 0 Å². The Kier molecular flexibility index (Phi) is 4.92. The lowest BCUT2D eigenvalue weighted by Crippen LogP contribution is -2.54. The maximum absolute atomic E-state index is 9.80. The van der Waals surface area contributed by atoms with E-state index >= 15 is 0 Å². The fourth-order valence-electron chi connectivity index (χ4n) is 2.96. The molecule has 5 heteroatoms. The lowest BCUT2D eigenvalue weighted by molar-refractivity contribution is 0.115. The summed E-state index contributed by atoms with van der Waals surface area (Å²) in [7, 11) is 2.03. The van der Waals surface area contributed by atoms with E-state index in [4.69, 9.17) is 0 Å². The van der Waals surface area contributed by atoms with Crippen molar-refractivity contribution in [2.75, 3.05) is 6.61 Å². The largest absolute Gasteiger partial charge is 0.394 e. The highest BCUT2D eigenvalue weighted by Crippen LogP contribution is 2.37. The molecule has 1 aliphatic carbocycles. The van der Waals surface area contributed by atoms with Crippen LogP contribution in [0.25, 0.3) is 0 Å². The van der Waals surface area contributed by atoms with Gasteiger partial charge in [0.05, 0.1) is 6.61 Å². The smallest absolute Gasteiger partial charge is 0.167 e. The number of thioether (sulfide) groups is 1. The van der Waals surface area contributed by atoms with E-state index in [2.05, 4.69) is 28.7 Å². The van der Waals surface area contributed by atoms with Gasteiger partial charge in [-0.15, -0.1) is 0 Å². The molecule has 1 aromatic heterocycles. The summed E-state index contributed by atoms with van der Waals surface area (Å²) in [6.07, 6.45) is 8.29. The Hall–Kier alpha value is -0.520. The number of imidazole rings is 1. The molecule has 1 aliphatic rings. The average molecular weight is 283 g/mol. The van der Waals surface area contributed by atoms with Crippen LogP contribution < -0.4 is 5.32 Å². The van der Waals surface area contributed by atoms with Crippen molar-refractivity contribution in [3.8, 4) is 0 Å². The maximum Gasteiger partial charge on any atom is 0.167 e. The van der Waals surface area contributed by atoms with E-state index in [9.17, 15) is 5.11 Å². The molecule has 2 atom stereocenters. The first-order valence-corrected chi connectivity index (χ1v) is 7.95. The van der Waals surface area contributed by atoms with Gasteiger partial charge in [0.1, 0.15) is 0 Å². The second-order valence-electron chi connectivity index (χ2n) is 5.89. The highest BCUT2D eigenvalue weighted by atomic mass is 32.2. The third-order valence-corrected chi connectivity index (χ3v) is 5.09. The quantitative estimate of drug-likeness (QED) is 0.869. The van der Waals surface area contributed by atoms with Crippen molar-refractivity contribution in [1.82, 2.24) is 14.9 Å². The fourth-order valence-corrected chi connectivity index (χ4v) is 4.29. The van der Waals surface area contributed by atoms with Gasteiger partial charge in [0.2, 0.25) is 0 Å². The molecule has 1 aromatic rings. The highest BCUT2D eigenvalue weighted by molar-refractivity contribution is 7.99. The number of aryl methyl sites for hydroxylation is 1. The molecule has 0 saturated heterocycles. The number of hydrogen-bond acceptors (Lipinski definition) is 4. The average Bonchev–Trinajstić information content (AvgIpc) is 2.75. The van der Waals surface area contributed by atoms with Crippen molar-refractivity contribution < 1.29 is 5.11 Å². The molecule has 1 heterocycles. The van der Waals surface area contributed by atoms with Crippen molar-refractivity contribution in [1.29, 1.82) is 0 Å². The molecule has 1 fully saturated rings. The molecule has 1 saturated carbocycles. The van der Waals surface area contributed by atoms with Gasteiger partial charge in [0, 0.05) is 36.3 Å². The molecule has 0 amide bonds. The zero-order chi connectivity index (χ0) is 13.9. The predicted molar refractivity (Wildman–Crippen MR) is 79.4 cm³/mol. The summed E-state index contributed by atoms with van der Waals surface area (Å²) in [5, 5.41) is 15.0. The Morgan fingerprint density at radius 2 is 2.42 bits per heavy atom. The van der Waals surface area contributed by atoms with E-state index in [1.165, 1.54) is 12.8 Å². The van der Waals surface area contributed by atoms with Crippen LogP contribution in [0.3, 0.4) is 0 Å². The van der Waals surface area contributed by atoms with E-state index in [0.29, 0.717) is 11.3 Å². The number of aromatic nitrogens is 2. The summed E-state index contributed by atoms with van der Waals surface area (Å²) in [6.45, 7) is 4.52. The summed E-state index contributed by atoms with van der Waals surface area (Å²) < 4.78 is 2.07. The normalized spacial score (nSPS) is 27.9. The van der Waals surface area contributed by atoms with Gasteiger partial charge in [-0.3, -0.25) is 0 Å². The Balaban J connectivity index is 2.01. The van der Waals surface area contributed by atoms with Crippen LogP contribution >= 0.6 is 11.8 Å². The first-order valence-electron chi connectivity index (χ1n) is 7.07. The van der Waals surface area contributed by atoms with Gasteiger partial charge in [-0.05, 0) is 19.3 Å². The standard InChI is InChI=1S/C14H25N3OS/c1-11(2)16-14(10-18)6-4-5-12(9-14)19-13-15-7-8-17(13)3/h7-8,11-12,16,18H,4-6,9-10H2,1-3H3. The molecule has 2 N–H and O–H groups in total. The summed E-state index contributed by atoms with van der Waals surface area (Å²) in [6, 6.07) is 0.407. The van der Waals surface area contributed by atoms with Gasteiger partial charge in [0.25, 0.3) is 0 Å². The SMILES string of the molecule is CC(C)NC1(CO)CCCC(Sc2nccn2C)C1. The Bertz CT molecular complexity index is 407. The highest BCUT2D eigenvalue weighted by Gasteiger charge is 2.36. The molecule has 2 unspecified atom stereocenters. The Labute approximate surface area is 120 Å². The van der Waals surface area contributed by atoms with Gasteiger partial charge in [-0.1, -0.05) is 32.0 Å². The van der Waals surface area contributed by atoms with Crippen LogP contribution in [0.5, 0.6) is 0 Å². The predicted octanol–water partition coefficient (Wildman–Crippen LogP) is 2.18. The number of aliphatic hydroxyl groups excluding tert-OH is 1. The van der Waals surface area contributed by atoms with E-state index in [-0.39, 0.29) is 12.1 Å². The fraction of sp³-hybridized carbons (Fsp3) is 0.786. The number of hydrogen-bond donors (Lipinski definition) is 2.